The number of anilines is 1. The Kier molecular flexibility index (Phi) is 4.41. The van der Waals surface area contributed by atoms with Crippen molar-refractivity contribution in [3.05, 3.63) is 65.8 Å². The summed E-state index contributed by atoms with van der Waals surface area (Å²) in [7, 11) is 0. The highest BCUT2D eigenvalue weighted by Crippen LogP contribution is 2.31. The normalized spacial score (nSPS) is 15.2. The maximum atomic E-state index is 6.06. The molecule has 1 aromatic carbocycles. The summed E-state index contributed by atoms with van der Waals surface area (Å²) in [5.74, 6) is 2.57. The van der Waals surface area contributed by atoms with E-state index in [9.17, 15) is 0 Å². The highest BCUT2D eigenvalue weighted by atomic mass is 35.5. The molecule has 7 heteroatoms. The van der Waals surface area contributed by atoms with Crippen LogP contribution in [0.15, 0.2) is 59.4 Å². The second-order valence-corrected chi connectivity index (χ2v) is 7.40. The summed E-state index contributed by atoms with van der Waals surface area (Å²) in [4.78, 5) is 15.8. The van der Waals surface area contributed by atoms with E-state index in [1.54, 1.807) is 12.4 Å². The molecule has 0 radical (unpaired) electrons. The number of halogens is 1. The Morgan fingerprint density at radius 2 is 1.93 bits per heavy atom. The molecule has 0 saturated carbocycles. The van der Waals surface area contributed by atoms with Gasteiger partial charge in [-0.1, -0.05) is 16.8 Å². The van der Waals surface area contributed by atoms with Crippen LogP contribution in [0.3, 0.4) is 0 Å². The predicted octanol–water partition coefficient (Wildman–Crippen LogP) is 4.72. The van der Waals surface area contributed by atoms with Crippen LogP contribution >= 0.6 is 11.6 Å². The first kappa shape index (κ1) is 17.1. The molecular formula is C21H18ClN5O. The molecular weight excluding hydrogens is 374 g/mol. The number of fused-ring (bicyclic) bond motifs is 1. The zero-order chi connectivity index (χ0) is 18.9. The molecule has 0 bridgehead atoms. The maximum Gasteiger partial charge on any atom is 0.230 e. The summed E-state index contributed by atoms with van der Waals surface area (Å²) in [5.41, 5.74) is 1.83. The molecule has 3 aromatic heterocycles. The first-order valence-electron chi connectivity index (χ1n) is 9.31. The molecule has 1 aliphatic heterocycles. The first-order chi connectivity index (χ1) is 13.8. The van der Waals surface area contributed by atoms with Crippen LogP contribution in [0.4, 0.5) is 5.82 Å². The molecule has 5 rings (SSSR count). The van der Waals surface area contributed by atoms with Crippen molar-refractivity contribution in [3.8, 4) is 11.4 Å². The number of hydrogen-bond acceptors (Lipinski definition) is 6. The SMILES string of the molecule is Clc1ccc2nc(N3CCC(c4nc(-c5cccnc5)no4)CC3)ccc2c1. The van der Waals surface area contributed by atoms with Crippen LogP contribution in [-0.2, 0) is 0 Å². The third kappa shape index (κ3) is 3.31. The molecule has 6 nitrogen and oxygen atoms in total. The Morgan fingerprint density at radius 3 is 2.75 bits per heavy atom. The number of rotatable bonds is 3. The summed E-state index contributed by atoms with van der Waals surface area (Å²) in [5, 5.41) is 5.90. The minimum absolute atomic E-state index is 0.272. The highest BCUT2D eigenvalue weighted by molar-refractivity contribution is 6.31. The van der Waals surface area contributed by atoms with Crippen molar-refractivity contribution in [2.24, 2.45) is 0 Å². The summed E-state index contributed by atoms with van der Waals surface area (Å²) < 4.78 is 5.53. The number of piperidine rings is 1. The Bertz CT molecular complexity index is 1110. The van der Waals surface area contributed by atoms with E-state index in [2.05, 4.69) is 32.2 Å². The third-order valence-electron chi connectivity index (χ3n) is 5.17. The van der Waals surface area contributed by atoms with Gasteiger partial charge < -0.3 is 9.42 Å². The largest absolute Gasteiger partial charge is 0.357 e. The lowest BCUT2D eigenvalue weighted by atomic mass is 9.96. The minimum Gasteiger partial charge on any atom is -0.357 e. The molecule has 1 saturated heterocycles. The van der Waals surface area contributed by atoms with E-state index in [0.717, 1.165) is 53.2 Å². The summed E-state index contributed by atoms with van der Waals surface area (Å²) in [6.45, 7) is 1.81. The fraction of sp³-hybridized carbons (Fsp3) is 0.238. The zero-order valence-electron chi connectivity index (χ0n) is 15.1. The molecule has 1 fully saturated rings. The van der Waals surface area contributed by atoms with E-state index >= 15 is 0 Å². The predicted molar refractivity (Wildman–Crippen MR) is 108 cm³/mol. The van der Waals surface area contributed by atoms with Crippen LogP contribution in [0.5, 0.6) is 0 Å². The van der Waals surface area contributed by atoms with E-state index in [1.165, 1.54) is 0 Å². The standard InChI is InChI=1S/C21H18ClN5O/c22-17-4-5-18-15(12-17)3-6-19(24-18)27-10-7-14(8-11-27)21-25-20(26-28-21)16-2-1-9-23-13-16/h1-6,9,12-14H,7-8,10-11H2. The fourth-order valence-corrected chi connectivity index (χ4v) is 3.81. The van der Waals surface area contributed by atoms with Crippen LogP contribution < -0.4 is 4.90 Å². The van der Waals surface area contributed by atoms with Gasteiger partial charge in [-0.15, -0.1) is 0 Å². The van der Waals surface area contributed by atoms with E-state index in [0.29, 0.717) is 11.7 Å². The van der Waals surface area contributed by atoms with Gasteiger partial charge in [-0.3, -0.25) is 4.98 Å². The van der Waals surface area contributed by atoms with Crippen molar-refractivity contribution in [2.75, 3.05) is 18.0 Å². The first-order valence-corrected chi connectivity index (χ1v) is 9.69. The Labute approximate surface area is 167 Å². The topological polar surface area (TPSA) is 67.9 Å². The van der Waals surface area contributed by atoms with Gasteiger partial charge in [0.2, 0.25) is 11.7 Å². The fourth-order valence-electron chi connectivity index (χ4n) is 3.63. The van der Waals surface area contributed by atoms with Gasteiger partial charge in [-0.2, -0.15) is 4.98 Å². The molecule has 4 aromatic rings. The number of pyridine rings is 2. The van der Waals surface area contributed by atoms with Crippen molar-refractivity contribution >= 4 is 28.3 Å². The van der Waals surface area contributed by atoms with Gasteiger partial charge in [0.1, 0.15) is 5.82 Å². The smallest absolute Gasteiger partial charge is 0.230 e. The number of aromatic nitrogens is 4. The molecule has 0 amide bonds. The molecule has 0 aliphatic carbocycles. The second-order valence-electron chi connectivity index (χ2n) is 6.97. The van der Waals surface area contributed by atoms with Crippen LogP contribution in [0, 0.1) is 0 Å². The van der Waals surface area contributed by atoms with Crippen molar-refractivity contribution in [2.45, 2.75) is 18.8 Å². The van der Waals surface area contributed by atoms with E-state index in [1.807, 2.05) is 30.3 Å². The van der Waals surface area contributed by atoms with Crippen molar-refractivity contribution < 1.29 is 4.52 Å². The number of hydrogen-bond donors (Lipinski definition) is 0. The molecule has 4 heterocycles. The minimum atomic E-state index is 0.272. The molecule has 140 valence electrons. The summed E-state index contributed by atoms with van der Waals surface area (Å²) in [6.07, 6.45) is 5.38. The number of nitrogens with zero attached hydrogens (tertiary/aromatic N) is 5. The van der Waals surface area contributed by atoms with Crippen molar-refractivity contribution in [3.63, 3.8) is 0 Å². The molecule has 1 aliphatic rings. The maximum absolute atomic E-state index is 6.06. The molecule has 28 heavy (non-hydrogen) atoms. The van der Waals surface area contributed by atoms with Gasteiger partial charge in [0.05, 0.1) is 5.52 Å². The van der Waals surface area contributed by atoms with Gasteiger partial charge in [0.15, 0.2) is 0 Å². The van der Waals surface area contributed by atoms with Gasteiger partial charge >= 0.3 is 0 Å². The van der Waals surface area contributed by atoms with E-state index in [4.69, 9.17) is 21.1 Å². The Balaban J connectivity index is 1.29. The van der Waals surface area contributed by atoms with Crippen molar-refractivity contribution in [1.82, 2.24) is 20.1 Å². The molecule has 0 N–H and O–H groups in total. The van der Waals surface area contributed by atoms with Gasteiger partial charge in [0, 0.05) is 47.4 Å². The third-order valence-corrected chi connectivity index (χ3v) is 5.40. The Hall–Kier alpha value is -2.99. The summed E-state index contributed by atoms with van der Waals surface area (Å²) in [6, 6.07) is 13.7. The van der Waals surface area contributed by atoms with Crippen LogP contribution in [0.1, 0.15) is 24.7 Å². The monoisotopic (exact) mass is 391 g/mol. The van der Waals surface area contributed by atoms with Gasteiger partial charge in [0.25, 0.3) is 0 Å². The lowest BCUT2D eigenvalue weighted by molar-refractivity contribution is 0.329. The Morgan fingerprint density at radius 1 is 1.04 bits per heavy atom. The average molecular weight is 392 g/mol. The van der Waals surface area contributed by atoms with Crippen molar-refractivity contribution in [1.29, 1.82) is 0 Å². The van der Waals surface area contributed by atoms with Crippen LogP contribution in [0.2, 0.25) is 5.02 Å². The van der Waals surface area contributed by atoms with Gasteiger partial charge in [-0.25, -0.2) is 4.98 Å². The van der Waals surface area contributed by atoms with E-state index in [-0.39, 0.29) is 5.92 Å². The average Bonchev–Trinajstić information content (AvgIpc) is 3.24. The highest BCUT2D eigenvalue weighted by Gasteiger charge is 2.26. The summed E-state index contributed by atoms with van der Waals surface area (Å²) >= 11 is 6.06. The molecule has 0 unspecified atom stereocenters. The lowest BCUT2D eigenvalue weighted by Gasteiger charge is -2.31. The van der Waals surface area contributed by atoms with E-state index < -0.39 is 0 Å². The molecule has 0 atom stereocenters. The van der Waals surface area contributed by atoms with Crippen LogP contribution in [-0.4, -0.2) is 33.2 Å². The van der Waals surface area contributed by atoms with Gasteiger partial charge in [-0.05, 0) is 55.3 Å². The molecule has 0 spiro atoms. The second kappa shape index (κ2) is 7.20. The number of benzene rings is 1. The van der Waals surface area contributed by atoms with Crippen LogP contribution in [0.25, 0.3) is 22.3 Å². The quantitative estimate of drug-likeness (QED) is 0.503. The lowest BCUT2D eigenvalue weighted by Crippen LogP contribution is -2.33. The zero-order valence-corrected chi connectivity index (χ0v) is 15.9.